The minimum atomic E-state index is -0.176. The average Bonchev–Trinajstić information content (AvgIpc) is 2.25. The molecule has 0 heterocycles. The smallest absolute Gasteiger partial charge is 0.302 e. The summed E-state index contributed by atoms with van der Waals surface area (Å²) in [4.78, 5) is 10.5. The van der Waals surface area contributed by atoms with E-state index in [0.717, 1.165) is 25.7 Å². The third-order valence-corrected chi connectivity index (χ3v) is 2.48. The van der Waals surface area contributed by atoms with Crippen LogP contribution in [-0.4, -0.2) is 18.5 Å². The minimum absolute atomic E-state index is 0.176. The Morgan fingerprint density at radius 1 is 1.06 bits per heavy atom. The quantitative estimate of drug-likeness (QED) is 0.251. The predicted molar refractivity (Wildman–Crippen MR) is 68.8 cm³/mol. The lowest BCUT2D eigenvalue weighted by molar-refractivity contribution is -0.141. The van der Waals surface area contributed by atoms with E-state index in [4.69, 9.17) is 16.3 Å². The number of halogens is 1. The maximum atomic E-state index is 10.5. The molecule has 94 valence electrons. The molecule has 16 heavy (non-hydrogen) atoms. The first-order valence-corrected chi connectivity index (χ1v) is 6.65. The highest BCUT2D eigenvalue weighted by Crippen LogP contribution is 2.06. The van der Waals surface area contributed by atoms with E-state index in [9.17, 15) is 4.79 Å². The van der Waals surface area contributed by atoms with Crippen molar-refractivity contribution in [2.45, 2.75) is 51.9 Å². The summed E-state index contributed by atoms with van der Waals surface area (Å²) >= 11 is 5.55. The lowest BCUT2D eigenvalue weighted by Gasteiger charge is -2.01. The Kier molecular flexibility index (Phi) is 12.2. The summed E-state index contributed by atoms with van der Waals surface area (Å²) < 4.78 is 4.85. The third kappa shape index (κ3) is 13.5. The van der Waals surface area contributed by atoms with Gasteiger partial charge in [-0.25, -0.2) is 0 Å². The molecule has 0 bridgehead atoms. The van der Waals surface area contributed by atoms with E-state index in [1.807, 2.05) is 0 Å². The highest BCUT2D eigenvalue weighted by atomic mass is 35.5. The van der Waals surface area contributed by atoms with Gasteiger partial charge in [0.05, 0.1) is 6.61 Å². The van der Waals surface area contributed by atoms with Gasteiger partial charge < -0.3 is 4.74 Å². The van der Waals surface area contributed by atoms with Crippen molar-refractivity contribution in [2.75, 3.05) is 12.5 Å². The second-order valence-electron chi connectivity index (χ2n) is 3.85. The maximum Gasteiger partial charge on any atom is 0.302 e. The highest BCUT2D eigenvalue weighted by Gasteiger charge is 1.93. The second-order valence-corrected chi connectivity index (χ2v) is 4.22. The number of esters is 1. The summed E-state index contributed by atoms with van der Waals surface area (Å²) in [6.45, 7) is 2.03. The summed E-state index contributed by atoms with van der Waals surface area (Å²) in [5.41, 5.74) is 0. The first-order chi connectivity index (χ1) is 7.77. The number of alkyl halides is 1. The molecule has 0 rings (SSSR count). The number of hydrogen-bond donors (Lipinski definition) is 0. The van der Waals surface area contributed by atoms with Gasteiger partial charge in [-0.05, 0) is 25.7 Å². The molecule has 0 radical (unpaired) electrons. The fourth-order valence-electron chi connectivity index (χ4n) is 1.41. The van der Waals surface area contributed by atoms with Crippen molar-refractivity contribution in [3.05, 3.63) is 12.2 Å². The van der Waals surface area contributed by atoms with Crippen LogP contribution in [0.5, 0.6) is 0 Å². The largest absolute Gasteiger partial charge is 0.466 e. The Morgan fingerprint density at radius 2 is 1.69 bits per heavy atom. The molecule has 0 aliphatic rings. The Balaban J connectivity index is 3.01. The van der Waals surface area contributed by atoms with Crippen LogP contribution in [0.15, 0.2) is 12.2 Å². The molecule has 0 atom stereocenters. The van der Waals surface area contributed by atoms with Gasteiger partial charge in [-0.1, -0.05) is 31.4 Å². The molecule has 3 heteroatoms. The van der Waals surface area contributed by atoms with Crippen LogP contribution in [0.4, 0.5) is 0 Å². The van der Waals surface area contributed by atoms with Gasteiger partial charge in [0.25, 0.3) is 0 Å². The molecule has 0 fully saturated rings. The first-order valence-electron chi connectivity index (χ1n) is 6.11. The molecule has 0 saturated heterocycles. The molecule has 0 aromatic rings. The minimum Gasteiger partial charge on any atom is -0.466 e. The van der Waals surface area contributed by atoms with Gasteiger partial charge in [-0.15, -0.1) is 11.6 Å². The number of hydrogen-bond acceptors (Lipinski definition) is 2. The van der Waals surface area contributed by atoms with Crippen LogP contribution in [0.1, 0.15) is 51.9 Å². The van der Waals surface area contributed by atoms with E-state index in [0.29, 0.717) is 12.5 Å². The molecular formula is C13H23ClO2. The Labute approximate surface area is 104 Å². The summed E-state index contributed by atoms with van der Waals surface area (Å²) in [5.74, 6) is 0.538. The predicted octanol–water partition coefficient (Wildman–Crippen LogP) is 4.08. The fraction of sp³-hybridized carbons (Fsp3) is 0.769. The van der Waals surface area contributed by atoms with Crippen molar-refractivity contribution < 1.29 is 9.53 Å². The monoisotopic (exact) mass is 246 g/mol. The molecule has 0 N–H and O–H groups in total. The zero-order valence-corrected chi connectivity index (χ0v) is 11.0. The van der Waals surface area contributed by atoms with Gasteiger partial charge in [-0.2, -0.15) is 0 Å². The molecule has 0 aliphatic heterocycles. The zero-order chi connectivity index (χ0) is 12.1. The number of carbonyl (C=O) groups excluding carboxylic acids is 1. The van der Waals surface area contributed by atoms with Gasteiger partial charge in [-0.3, -0.25) is 4.79 Å². The van der Waals surface area contributed by atoms with Crippen LogP contribution < -0.4 is 0 Å². The van der Waals surface area contributed by atoms with Crippen LogP contribution in [-0.2, 0) is 9.53 Å². The molecule has 0 saturated carbocycles. The van der Waals surface area contributed by atoms with Gasteiger partial charge in [0.1, 0.15) is 0 Å². The third-order valence-electron chi connectivity index (χ3n) is 2.26. The highest BCUT2D eigenvalue weighted by molar-refractivity contribution is 6.17. The Bertz CT molecular complexity index is 190. The van der Waals surface area contributed by atoms with Gasteiger partial charge in [0.15, 0.2) is 0 Å². The molecule has 0 unspecified atom stereocenters. The van der Waals surface area contributed by atoms with E-state index in [2.05, 4.69) is 12.2 Å². The second kappa shape index (κ2) is 12.6. The molecule has 0 amide bonds. The number of ether oxygens (including phenoxy) is 1. The van der Waals surface area contributed by atoms with E-state index < -0.39 is 0 Å². The standard InChI is InChI=1S/C13H23ClO2/c1-13(15)16-12-10-8-6-4-2-3-5-7-9-11-14/h5,7H,2-4,6,8-12H2,1H3/b7-5+. The molecule has 2 nitrogen and oxygen atoms in total. The first kappa shape index (κ1) is 15.5. The van der Waals surface area contributed by atoms with Crippen LogP contribution in [0, 0.1) is 0 Å². The molecule has 0 aliphatic carbocycles. The zero-order valence-electron chi connectivity index (χ0n) is 10.2. The van der Waals surface area contributed by atoms with Crippen LogP contribution in [0.25, 0.3) is 0 Å². The van der Waals surface area contributed by atoms with Crippen LogP contribution in [0.2, 0.25) is 0 Å². The lowest BCUT2D eigenvalue weighted by Crippen LogP contribution is -1.99. The van der Waals surface area contributed by atoms with Gasteiger partial charge >= 0.3 is 5.97 Å². The van der Waals surface area contributed by atoms with E-state index >= 15 is 0 Å². The van der Waals surface area contributed by atoms with Gasteiger partial charge in [0.2, 0.25) is 0 Å². The Hall–Kier alpha value is -0.500. The molecule has 0 spiro atoms. The number of carbonyl (C=O) groups is 1. The maximum absolute atomic E-state index is 10.5. The number of rotatable bonds is 10. The van der Waals surface area contributed by atoms with Crippen molar-refractivity contribution in [1.29, 1.82) is 0 Å². The molecule has 0 aromatic heterocycles. The van der Waals surface area contributed by atoms with Crippen molar-refractivity contribution in [1.82, 2.24) is 0 Å². The van der Waals surface area contributed by atoms with Crippen molar-refractivity contribution in [3.63, 3.8) is 0 Å². The molecule has 0 aromatic carbocycles. The summed E-state index contributed by atoms with van der Waals surface area (Å²) in [5, 5.41) is 0. The normalized spacial score (nSPS) is 10.9. The number of allylic oxidation sites excluding steroid dienone is 2. The van der Waals surface area contributed by atoms with Crippen LogP contribution >= 0.6 is 11.6 Å². The summed E-state index contributed by atoms with van der Waals surface area (Å²) in [6, 6.07) is 0. The average molecular weight is 247 g/mol. The van der Waals surface area contributed by atoms with Crippen molar-refractivity contribution in [3.8, 4) is 0 Å². The van der Waals surface area contributed by atoms with E-state index in [1.165, 1.54) is 26.2 Å². The topological polar surface area (TPSA) is 26.3 Å². The SMILES string of the molecule is CC(=O)OCCCCCCC/C=C/CCCl. The number of unbranched alkanes of at least 4 members (excludes halogenated alkanes) is 5. The van der Waals surface area contributed by atoms with E-state index in [-0.39, 0.29) is 5.97 Å². The molecular weight excluding hydrogens is 224 g/mol. The summed E-state index contributed by atoms with van der Waals surface area (Å²) in [6.07, 6.45) is 12.3. The van der Waals surface area contributed by atoms with Crippen molar-refractivity contribution >= 4 is 17.6 Å². The lowest BCUT2D eigenvalue weighted by atomic mass is 10.1. The van der Waals surface area contributed by atoms with Crippen LogP contribution in [0.3, 0.4) is 0 Å². The van der Waals surface area contributed by atoms with Gasteiger partial charge in [0, 0.05) is 12.8 Å². The van der Waals surface area contributed by atoms with Crippen molar-refractivity contribution in [2.24, 2.45) is 0 Å². The summed E-state index contributed by atoms with van der Waals surface area (Å²) in [7, 11) is 0. The van der Waals surface area contributed by atoms with E-state index in [1.54, 1.807) is 0 Å². The fourth-order valence-corrected chi connectivity index (χ4v) is 1.54. The Morgan fingerprint density at radius 3 is 2.38 bits per heavy atom.